The van der Waals surface area contributed by atoms with E-state index in [1.807, 2.05) is 7.05 Å². The summed E-state index contributed by atoms with van der Waals surface area (Å²) >= 11 is 0. The average molecular weight is 238 g/mol. The topological polar surface area (TPSA) is 50.3 Å². The zero-order chi connectivity index (χ0) is 12.7. The molecule has 0 bridgehead atoms. The summed E-state index contributed by atoms with van der Waals surface area (Å²) in [6.45, 7) is 3.78. The Morgan fingerprint density at radius 3 is 2.71 bits per heavy atom. The zero-order valence-electron chi connectivity index (χ0n) is 11.2. The van der Waals surface area contributed by atoms with E-state index in [2.05, 4.69) is 41.2 Å². The number of hydrogen-bond donors (Lipinski definition) is 1. The second-order valence-electron chi connectivity index (χ2n) is 4.11. The van der Waals surface area contributed by atoms with E-state index in [0.29, 0.717) is 12.5 Å². The van der Waals surface area contributed by atoms with Crippen LogP contribution >= 0.6 is 0 Å². The van der Waals surface area contributed by atoms with Crippen molar-refractivity contribution in [1.29, 1.82) is 0 Å². The van der Waals surface area contributed by atoms with Gasteiger partial charge in [-0.3, -0.25) is 0 Å². The molecular formula is C12H22N4O. The van der Waals surface area contributed by atoms with Crippen LogP contribution in [-0.4, -0.2) is 49.2 Å². The van der Waals surface area contributed by atoms with Gasteiger partial charge in [0.05, 0.1) is 12.2 Å². The number of hydrogen-bond acceptors (Lipinski definition) is 5. The first-order valence-electron chi connectivity index (χ1n) is 5.98. The molecular weight excluding hydrogens is 216 g/mol. The van der Waals surface area contributed by atoms with Crippen LogP contribution in [0.25, 0.3) is 0 Å². The van der Waals surface area contributed by atoms with Crippen LogP contribution in [0, 0.1) is 0 Å². The lowest BCUT2D eigenvalue weighted by Crippen LogP contribution is -2.16. The van der Waals surface area contributed by atoms with Crippen LogP contribution < -0.4 is 10.1 Å². The van der Waals surface area contributed by atoms with Gasteiger partial charge in [0.1, 0.15) is 12.1 Å². The molecule has 5 heteroatoms. The SMILES string of the molecule is CCc1c(NC)ncnc1OCCCN(C)C. The first kappa shape index (κ1) is 13.7. The fourth-order valence-electron chi connectivity index (χ4n) is 1.60. The van der Waals surface area contributed by atoms with E-state index in [9.17, 15) is 0 Å². The summed E-state index contributed by atoms with van der Waals surface area (Å²) in [5, 5.41) is 3.06. The molecule has 1 heterocycles. The molecule has 1 rings (SSSR count). The van der Waals surface area contributed by atoms with Crippen molar-refractivity contribution in [3.63, 3.8) is 0 Å². The van der Waals surface area contributed by atoms with E-state index in [0.717, 1.165) is 30.8 Å². The third-order valence-electron chi connectivity index (χ3n) is 2.48. The van der Waals surface area contributed by atoms with E-state index in [1.165, 1.54) is 6.33 Å². The first-order valence-corrected chi connectivity index (χ1v) is 5.98. The lowest BCUT2D eigenvalue weighted by Gasteiger charge is -2.13. The Morgan fingerprint density at radius 2 is 2.12 bits per heavy atom. The Hall–Kier alpha value is -1.36. The molecule has 1 aromatic rings. The highest BCUT2D eigenvalue weighted by Crippen LogP contribution is 2.21. The minimum absolute atomic E-state index is 0.686. The van der Waals surface area contributed by atoms with Crippen LogP contribution in [0.4, 0.5) is 5.82 Å². The number of aromatic nitrogens is 2. The molecule has 0 saturated heterocycles. The van der Waals surface area contributed by atoms with Crippen molar-refractivity contribution in [3.8, 4) is 5.88 Å². The normalized spacial score (nSPS) is 10.6. The van der Waals surface area contributed by atoms with Gasteiger partial charge in [0.25, 0.3) is 0 Å². The number of nitrogens with one attached hydrogen (secondary N) is 1. The molecule has 0 amide bonds. The minimum atomic E-state index is 0.686. The molecule has 0 aliphatic carbocycles. The molecule has 0 atom stereocenters. The zero-order valence-corrected chi connectivity index (χ0v) is 11.2. The lowest BCUT2D eigenvalue weighted by molar-refractivity contribution is 0.270. The molecule has 0 fully saturated rings. The number of anilines is 1. The molecule has 0 aliphatic heterocycles. The van der Waals surface area contributed by atoms with Gasteiger partial charge < -0.3 is 15.0 Å². The van der Waals surface area contributed by atoms with Gasteiger partial charge in [-0.15, -0.1) is 0 Å². The van der Waals surface area contributed by atoms with Gasteiger partial charge in [0.2, 0.25) is 5.88 Å². The van der Waals surface area contributed by atoms with Crippen LogP contribution in [0.1, 0.15) is 18.9 Å². The van der Waals surface area contributed by atoms with Gasteiger partial charge in [-0.2, -0.15) is 0 Å². The maximum Gasteiger partial charge on any atom is 0.221 e. The van der Waals surface area contributed by atoms with E-state index in [4.69, 9.17) is 4.74 Å². The predicted octanol–water partition coefficient (Wildman–Crippen LogP) is 1.41. The number of ether oxygens (including phenoxy) is 1. The van der Waals surface area contributed by atoms with E-state index in [-0.39, 0.29) is 0 Å². The van der Waals surface area contributed by atoms with Crippen LogP contribution in [-0.2, 0) is 6.42 Å². The van der Waals surface area contributed by atoms with Crippen LogP contribution in [0.5, 0.6) is 5.88 Å². The number of rotatable bonds is 7. The third kappa shape index (κ3) is 4.19. The minimum Gasteiger partial charge on any atom is -0.477 e. The fraction of sp³-hybridized carbons (Fsp3) is 0.667. The number of nitrogens with zero attached hydrogens (tertiary/aromatic N) is 3. The highest BCUT2D eigenvalue weighted by molar-refractivity contribution is 5.48. The summed E-state index contributed by atoms with van der Waals surface area (Å²) in [5.41, 5.74) is 1.04. The highest BCUT2D eigenvalue weighted by atomic mass is 16.5. The quantitative estimate of drug-likeness (QED) is 0.728. The van der Waals surface area contributed by atoms with Crippen molar-refractivity contribution >= 4 is 5.82 Å². The maximum absolute atomic E-state index is 5.70. The molecule has 0 unspecified atom stereocenters. The van der Waals surface area contributed by atoms with E-state index < -0.39 is 0 Å². The smallest absolute Gasteiger partial charge is 0.221 e. The molecule has 1 aromatic heterocycles. The van der Waals surface area contributed by atoms with Crippen molar-refractivity contribution in [2.75, 3.05) is 39.6 Å². The molecule has 96 valence electrons. The van der Waals surface area contributed by atoms with Crippen molar-refractivity contribution in [2.45, 2.75) is 19.8 Å². The molecule has 0 radical (unpaired) electrons. The summed E-state index contributed by atoms with van der Waals surface area (Å²) in [6, 6.07) is 0. The van der Waals surface area contributed by atoms with Gasteiger partial charge in [-0.1, -0.05) is 6.92 Å². The molecule has 0 aromatic carbocycles. The summed E-state index contributed by atoms with van der Waals surface area (Å²) in [7, 11) is 5.97. The highest BCUT2D eigenvalue weighted by Gasteiger charge is 2.09. The van der Waals surface area contributed by atoms with Gasteiger partial charge in [-0.25, -0.2) is 9.97 Å². The summed E-state index contributed by atoms with van der Waals surface area (Å²) < 4.78 is 5.70. The lowest BCUT2D eigenvalue weighted by atomic mass is 10.2. The van der Waals surface area contributed by atoms with E-state index >= 15 is 0 Å². The molecule has 0 spiro atoms. The van der Waals surface area contributed by atoms with Crippen molar-refractivity contribution in [1.82, 2.24) is 14.9 Å². The van der Waals surface area contributed by atoms with Crippen LogP contribution in [0.2, 0.25) is 0 Å². The second-order valence-corrected chi connectivity index (χ2v) is 4.11. The van der Waals surface area contributed by atoms with Crippen LogP contribution in [0.15, 0.2) is 6.33 Å². The Bertz CT molecular complexity index is 341. The van der Waals surface area contributed by atoms with Crippen molar-refractivity contribution < 1.29 is 4.74 Å². The largest absolute Gasteiger partial charge is 0.477 e. The summed E-state index contributed by atoms with van der Waals surface area (Å²) in [5.74, 6) is 1.55. The monoisotopic (exact) mass is 238 g/mol. The van der Waals surface area contributed by atoms with Gasteiger partial charge in [0.15, 0.2) is 0 Å². The summed E-state index contributed by atoms with van der Waals surface area (Å²) in [6.07, 6.45) is 3.39. The first-order chi connectivity index (χ1) is 8.19. The molecule has 0 saturated carbocycles. The Balaban J connectivity index is 2.58. The van der Waals surface area contributed by atoms with Crippen molar-refractivity contribution in [3.05, 3.63) is 11.9 Å². The van der Waals surface area contributed by atoms with Crippen LogP contribution in [0.3, 0.4) is 0 Å². The molecule has 17 heavy (non-hydrogen) atoms. The van der Waals surface area contributed by atoms with E-state index in [1.54, 1.807) is 0 Å². The third-order valence-corrected chi connectivity index (χ3v) is 2.48. The van der Waals surface area contributed by atoms with Gasteiger partial charge >= 0.3 is 0 Å². The van der Waals surface area contributed by atoms with Crippen molar-refractivity contribution in [2.24, 2.45) is 0 Å². The molecule has 1 N–H and O–H groups in total. The van der Waals surface area contributed by atoms with Gasteiger partial charge in [0, 0.05) is 13.6 Å². The standard InChI is InChI=1S/C12H22N4O/c1-5-10-11(13-2)14-9-15-12(10)17-8-6-7-16(3)4/h9H,5-8H2,1-4H3,(H,13,14,15). The molecule has 0 aliphatic rings. The average Bonchev–Trinajstić information content (AvgIpc) is 2.33. The maximum atomic E-state index is 5.70. The Labute approximate surface area is 103 Å². The summed E-state index contributed by atoms with van der Waals surface area (Å²) in [4.78, 5) is 10.5. The second kappa shape index (κ2) is 7.06. The molecule has 5 nitrogen and oxygen atoms in total. The van der Waals surface area contributed by atoms with Gasteiger partial charge in [-0.05, 0) is 26.9 Å². The Morgan fingerprint density at radius 1 is 1.35 bits per heavy atom. The predicted molar refractivity (Wildman–Crippen MR) is 69.6 cm³/mol. The fourth-order valence-corrected chi connectivity index (χ4v) is 1.60. The Kier molecular flexibility index (Phi) is 5.69.